The van der Waals surface area contributed by atoms with Gasteiger partial charge in [-0.15, -0.1) is 0 Å². The molecule has 0 aromatic rings. The summed E-state index contributed by atoms with van der Waals surface area (Å²) in [5, 5.41) is 3.03. The number of carbonyl (C=O) groups is 2. The largest absolute Gasteiger partial charge is 0.756 e. The van der Waals surface area contributed by atoms with Crippen molar-refractivity contribution in [3.63, 3.8) is 0 Å². The predicted octanol–water partition coefficient (Wildman–Crippen LogP) is 19.8. The highest BCUT2D eigenvalue weighted by Crippen LogP contribution is 2.38. The van der Waals surface area contributed by atoms with Gasteiger partial charge in [-0.05, 0) is 102 Å². The molecule has 1 amide bonds. The number of quaternary nitrogens is 1. The average Bonchev–Trinajstić information content (AvgIpc) is 3.40. The zero-order valence-corrected chi connectivity index (χ0v) is 52.8. The molecule has 0 spiro atoms. The molecule has 0 bridgehead atoms. The summed E-state index contributed by atoms with van der Waals surface area (Å²) in [5.74, 6) is -0.549. The maximum Gasteiger partial charge on any atom is 0.306 e. The number of phosphoric acid groups is 1. The number of rotatable bonds is 59. The second-order valence-electron chi connectivity index (χ2n) is 23.3. The van der Waals surface area contributed by atoms with Crippen molar-refractivity contribution in [3.8, 4) is 0 Å². The van der Waals surface area contributed by atoms with Gasteiger partial charge in [-0.3, -0.25) is 14.2 Å². The quantitative estimate of drug-likeness (QED) is 0.0212. The smallest absolute Gasteiger partial charge is 0.306 e. The standard InChI is InChI=1S/C68H125N2O7P/c1-7-10-13-16-19-22-25-28-30-32-34-35-37-39-41-43-46-49-52-55-58-61-68(72)77-66(59-56-53-50-47-44-27-24-21-18-15-12-9-3)65(64-76-78(73,74)75-63-62-70(4,5)6)69-67(71)60-57-54-51-48-45-42-40-38-36-33-31-29-26-23-20-17-14-11-8-2/h19-20,22-23,28-31,34-35,56,59,65-66H,7-18,21,24-27,32-33,36-55,57-58,60-64H2,1-6H3,(H-,69,71,73,74)/b22-19-,23-20-,30-28-,31-29-,35-34-,59-56+. The van der Waals surface area contributed by atoms with Crippen LogP contribution in [0.2, 0.25) is 0 Å². The first kappa shape index (κ1) is 75.5. The Morgan fingerprint density at radius 1 is 0.449 bits per heavy atom. The molecule has 0 saturated heterocycles. The maximum absolute atomic E-state index is 13.6. The first-order valence-corrected chi connectivity index (χ1v) is 34.2. The number of nitrogens with one attached hydrogen (secondary N) is 1. The van der Waals surface area contributed by atoms with Crippen LogP contribution >= 0.6 is 7.82 Å². The monoisotopic (exact) mass is 1110 g/mol. The van der Waals surface area contributed by atoms with Gasteiger partial charge in [0.1, 0.15) is 19.3 Å². The fourth-order valence-electron chi connectivity index (χ4n) is 9.27. The van der Waals surface area contributed by atoms with Gasteiger partial charge in [0.25, 0.3) is 7.82 Å². The van der Waals surface area contributed by atoms with Gasteiger partial charge in [-0.25, -0.2) is 0 Å². The number of hydrogen-bond acceptors (Lipinski definition) is 7. The Kier molecular flexibility index (Phi) is 55.8. The molecular formula is C68H125N2O7P. The number of esters is 1. The second-order valence-corrected chi connectivity index (χ2v) is 24.7. The van der Waals surface area contributed by atoms with Crippen molar-refractivity contribution in [1.82, 2.24) is 5.32 Å². The van der Waals surface area contributed by atoms with Crippen molar-refractivity contribution >= 4 is 19.7 Å². The van der Waals surface area contributed by atoms with E-state index in [1.165, 1.54) is 161 Å². The molecule has 0 radical (unpaired) electrons. The van der Waals surface area contributed by atoms with Gasteiger partial charge < -0.3 is 28.5 Å². The lowest BCUT2D eigenvalue weighted by atomic mass is 10.0. The number of ether oxygens (including phenoxy) is 1. The van der Waals surface area contributed by atoms with E-state index in [-0.39, 0.29) is 24.9 Å². The number of nitrogens with zero attached hydrogens (tertiary/aromatic N) is 1. The van der Waals surface area contributed by atoms with Crippen molar-refractivity contribution < 1.29 is 37.3 Å². The van der Waals surface area contributed by atoms with E-state index in [1.807, 2.05) is 33.3 Å². The Morgan fingerprint density at radius 3 is 1.19 bits per heavy atom. The van der Waals surface area contributed by atoms with E-state index in [0.29, 0.717) is 17.4 Å². The Hall–Kier alpha value is -2.55. The molecule has 0 aliphatic rings. The number of amides is 1. The van der Waals surface area contributed by atoms with Crippen LogP contribution in [0.5, 0.6) is 0 Å². The lowest BCUT2D eigenvalue weighted by molar-refractivity contribution is -0.870. The minimum absolute atomic E-state index is 0.0263. The summed E-state index contributed by atoms with van der Waals surface area (Å²) < 4.78 is 30.4. The lowest BCUT2D eigenvalue weighted by Crippen LogP contribution is -2.47. The van der Waals surface area contributed by atoms with Crippen LogP contribution < -0.4 is 10.2 Å². The minimum Gasteiger partial charge on any atom is -0.756 e. The van der Waals surface area contributed by atoms with Crippen molar-refractivity contribution in [3.05, 3.63) is 72.9 Å². The van der Waals surface area contributed by atoms with E-state index in [1.54, 1.807) is 0 Å². The lowest BCUT2D eigenvalue weighted by Gasteiger charge is -2.30. The normalized spacial score (nSPS) is 14.1. The van der Waals surface area contributed by atoms with E-state index in [9.17, 15) is 19.0 Å². The molecule has 1 N–H and O–H groups in total. The molecule has 0 aliphatic heterocycles. The van der Waals surface area contributed by atoms with Gasteiger partial charge in [0.2, 0.25) is 5.91 Å². The fraction of sp³-hybridized carbons (Fsp3) is 0.794. The molecule has 3 unspecified atom stereocenters. The molecule has 0 aromatic carbocycles. The number of likely N-dealkylation sites (N-methyl/N-ethyl adjacent to an activating group) is 1. The number of hydrogen-bond donors (Lipinski definition) is 1. The van der Waals surface area contributed by atoms with Crippen LogP contribution in [0.1, 0.15) is 297 Å². The van der Waals surface area contributed by atoms with Gasteiger partial charge in [-0.2, -0.15) is 0 Å². The van der Waals surface area contributed by atoms with Crippen molar-refractivity contribution in [2.75, 3.05) is 40.9 Å². The van der Waals surface area contributed by atoms with Crippen molar-refractivity contribution in [1.29, 1.82) is 0 Å². The van der Waals surface area contributed by atoms with E-state index in [0.717, 1.165) is 103 Å². The van der Waals surface area contributed by atoms with Gasteiger partial charge in [0.15, 0.2) is 0 Å². The topological polar surface area (TPSA) is 114 Å². The summed E-state index contributed by atoms with van der Waals surface area (Å²) in [6.45, 7) is 6.80. The number of phosphoric ester groups is 1. The number of unbranched alkanes of at least 4 members (excludes halogenated alkanes) is 33. The molecule has 454 valence electrons. The van der Waals surface area contributed by atoms with Crippen LogP contribution in [-0.2, 0) is 27.9 Å². The van der Waals surface area contributed by atoms with E-state index >= 15 is 0 Å². The third kappa shape index (κ3) is 58.1. The van der Waals surface area contributed by atoms with Crippen LogP contribution in [0.15, 0.2) is 72.9 Å². The summed E-state index contributed by atoms with van der Waals surface area (Å²) in [4.78, 5) is 40.1. The van der Waals surface area contributed by atoms with Crippen molar-refractivity contribution in [2.45, 2.75) is 309 Å². The van der Waals surface area contributed by atoms with Gasteiger partial charge in [0, 0.05) is 12.8 Å². The molecular weight excluding hydrogens is 988 g/mol. The molecule has 0 rings (SSSR count). The van der Waals surface area contributed by atoms with Crippen LogP contribution in [0.4, 0.5) is 0 Å². The highest BCUT2D eigenvalue weighted by Gasteiger charge is 2.27. The Balaban J connectivity index is 5.21. The molecule has 9 nitrogen and oxygen atoms in total. The third-order valence-electron chi connectivity index (χ3n) is 14.4. The third-order valence-corrected chi connectivity index (χ3v) is 15.3. The zero-order chi connectivity index (χ0) is 57.2. The Bertz CT molecular complexity index is 1570. The number of allylic oxidation sites excluding steroid dienone is 11. The second kappa shape index (κ2) is 57.7. The summed E-state index contributed by atoms with van der Waals surface area (Å²) in [6.07, 6.45) is 74.3. The molecule has 78 heavy (non-hydrogen) atoms. The predicted molar refractivity (Wildman–Crippen MR) is 335 cm³/mol. The van der Waals surface area contributed by atoms with Crippen molar-refractivity contribution in [2.24, 2.45) is 0 Å². The van der Waals surface area contributed by atoms with Gasteiger partial charge in [0.05, 0.1) is 33.8 Å². The molecule has 3 atom stereocenters. The Labute approximate surface area is 483 Å². The molecule has 0 aliphatic carbocycles. The van der Waals surface area contributed by atoms with E-state index in [4.69, 9.17) is 13.8 Å². The summed E-state index contributed by atoms with van der Waals surface area (Å²) >= 11 is 0. The highest BCUT2D eigenvalue weighted by molar-refractivity contribution is 7.45. The molecule has 10 heteroatoms. The average molecular weight is 1110 g/mol. The maximum atomic E-state index is 13.6. The van der Waals surface area contributed by atoms with Crippen LogP contribution in [0.25, 0.3) is 0 Å². The van der Waals surface area contributed by atoms with Gasteiger partial charge >= 0.3 is 5.97 Å². The van der Waals surface area contributed by atoms with E-state index in [2.05, 4.69) is 86.8 Å². The van der Waals surface area contributed by atoms with Gasteiger partial charge in [-0.1, -0.05) is 255 Å². The minimum atomic E-state index is -4.71. The molecule has 0 aromatic heterocycles. The molecule has 0 fully saturated rings. The SMILES string of the molecule is CCCCC/C=C\C/C=C\C/C=C\CCCCCCCCCCC(=O)OC(/C=C/CCCCCCCCCCCC)C(COP(=O)([O-])OCC[N+](C)(C)C)NC(=O)CCCCCCCCCCC/C=C\C/C=C\CCCCC. The fourth-order valence-corrected chi connectivity index (χ4v) is 9.99. The summed E-state index contributed by atoms with van der Waals surface area (Å²) in [6, 6.07) is -0.896. The summed E-state index contributed by atoms with van der Waals surface area (Å²) in [5.41, 5.74) is 0. The zero-order valence-electron chi connectivity index (χ0n) is 51.9. The van der Waals surface area contributed by atoms with E-state index < -0.39 is 26.6 Å². The number of carbonyl (C=O) groups excluding carboxylic acids is 2. The summed E-state index contributed by atoms with van der Waals surface area (Å²) in [7, 11) is 1.18. The highest BCUT2D eigenvalue weighted by atomic mass is 31.2. The molecule has 0 heterocycles. The molecule has 0 saturated carbocycles. The van der Waals surface area contributed by atoms with Crippen LogP contribution in [0.3, 0.4) is 0 Å². The first-order chi connectivity index (χ1) is 37.9. The van der Waals surface area contributed by atoms with Crippen LogP contribution in [-0.4, -0.2) is 69.4 Å². The first-order valence-electron chi connectivity index (χ1n) is 32.7. The van der Waals surface area contributed by atoms with Crippen LogP contribution in [0, 0.1) is 0 Å². The Morgan fingerprint density at radius 2 is 0.782 bits per heavy atom.